The van der Waals surface area contributed by atoms with Crippen LogP contribution in [0.5, 0.6) is 17.2 Å². The van der Waals surface area contributed by atoms with Crippen molar-refractivity contribution in [3.05, 3.63) is 53.6 Å². The van der Waals surface area contributed by atoms with E-state index in [0.29, 0.717) is 28.5 Å². The standard InChI is InChI=1S/C23H27NO6/c1-15(2)17-8-6-7-9-18(17)24-21(25)14-30-22(26)11-10-16-12-19(27-3)23(29-5)20(13-16)28-4/h6-13,15H,14H2,1-5H3,(H,24,25)/b11-10+. The van der Waals surface area contributed by atoms with Gasteiger partial charge < -0.3 is 24.3 Å². The minimum atomic E-state index is -0.643. The minimum absolute atomic E-state index is 0.255. The number of carbonyl (C=O) groups is 2. The number of nitrogens with one attached hydrogen (secondary N) is 1. The highest BCUT2D eigenvalue weighted by atomic mass is 16.5. The summed E-state index contributed by atoms with van der Waals surface area (Å²) in [5.74, 6) is 0.596. The first-order chi connectivity index (χ1) is 14.4. The quantitative estimate of drug-likeness (QED) is 0.494. The number of carbonyl (C=O) groups excluding carboxylic acids is 2. The zero-order chi connectivity index (χ0) is 22.1. The van der Waals surface area contributed by atoms with Crippen molar-refractivity contribution in [3.63, 3.8) is 0 Å². The third kappa shape index (κ3) is 6.01. The molecule has 2 rings (SSSR count). The Labute approximate surface area is 176 Å². The average molecular weight is 413 g/mol. The Balaban J connectivity index is 1.98. The van der Waals surface area contributed by atoms with Gasteiger partial charge in [0.1, 0.15) is 0 Å². The van der Waals surface area contributed by atoms with Crippen LogP contribution >= 0.6 is 0 Å². The summed E-state index contributed by atoms with van der Waals surface area (Å²) < 4.78 is 20.9. The number of benzene rings is 2. The highest BCUT2D eigenvalue weighted by Crippen LogP contribution is 2.38. The molecule has 0 saturated heterocycles. The molecule has 2 aromatic rings. The van der Waals surface area contributed by atoms with Crippen LogP contribution in [0.1, 0.15) is 30.9 Å². The lowest BCUT2D eigenvalue weighted by atomic mass is 10.0. The van der Waals surface area contributed by atoms with E-state index in [9.17, 15) is 9.59 Å². The van der Waals surface area contributed by atoms with Gasteiger partial charge in [-0.1, -0.05) is 32.0 Å². The van der Waals surface area contributed by atoms with Crippen molar-refractivity contribution in [3.8, 4) is 17.2 Å². The predicted molar refractivity (Wildman–Crippen MR) is 115 cm³/mol. The molecule has 0 saturated carbocycles. The molecule has 30 heavy (non-hydrogen) atoms. The van der Waals surface area contributed by atoms with Crippen LogP contribution in [-0.2, 0) is 14.3 Å². The van der Waals surface area contributed by atoms with Gasteiger partial charge in [0.2, 0.25) is 5.75 Å². The van der Waals surface area contributed by atoms with E-state index < -0.39 is 11.9 Å². The smallest absolute Gasteiger partial charge is 0.331 e. The molecule has 160 valence electrons. The molecule has 7 nitrogen and oxygen atoms in total. The van der Waals surface area contributed by atoms with Crippen LogP contribution in [0, 0.1) is 0 Å². The molecule has 1 N–H and O–H groups in total. The molecule has 0 aromatic heterocycles. The molecule has 0 aliphatic heterocycles. The SMILES string of the molecule is COc1cc(/C=C/C(=O)OCC(=O)Nc2ccccc2C(C)C)cc(OC)c1OC. The lowest BCUT2D eigenvalue weighted by molar-refractivity contribution is -0.142. The first kappa shape index (κ1) is 22.8. The molecule has 0 radical (unpaired) electrons. The summed E-state index contributed by atoms with van der Waals surface area (Å²) in [4.78, 5) is 24.1. The second-order valence-electron chi connectivity index (χ2n) is 6.69. The van der Waals surface area contributed by atoms with Gasteiger partial charge in [-0.3, -0.25) is 4.79 Å². The van der Waals surface area contributed by atoms with Crippen LogP contribution in [0.2, 0.25) is 0 Å². The van der Waals surface area contributed by atoms with Gasteiger partial charge >= 0.3 is 5.97 Å². The summed E-state index contributed by atoms with van der Waals surface area (Å²) in [6, 6.07) is 10.9. The molecule has 0 heterocycles. The molecule has 1 amide bonds. The van der Waals surface area contributed by atoms with Crippen molar-refractivity contribution in [2.45, 2.75) is 19.8 Å². The van der Waals surface area contributed by atoms with Gasteiger partial charge in [-0.05, 0) is 41.3 Å². The highest BCUT2D eigenvalue weighted by molar-refractivity contribution is 5.95. The lowest BCUT2D eigenvalue weighted by Crippen LogP contribution is -2.21. The number of hydrogen-bond acceptors (Lipinski definition) is 6. The second kappa shape index (κ2) is 10.9. The normalized spacial score (nSPS) is 10.7. The van der Waals surface area contributed by atoms with Crippen LogP contribution in [0.25, 0.3) is 6.08 Å². The monoisotopic (exact) mass is 413 g/mol. The summed E-state index contributed by atoms with van der Waals surface area (Å²) in [7, 11) is 4.53. The van der Waals surface area contributed by atoms with Crippen molar-refractivity contribution in [1.29, 1.82) is 0 Å². The molecule has 0 unspecified atom stereocenters. The summed E-state index contributed by atoms with van der Waals surface area (Å²) in [5, 5.41) is 2.78. The van der Waals surface area contributed by atoms with E-state index in [0.717, 1.165) is 5.56 Å². The van der Waals surface area contributed by atoms with E-state index in [-0.39, 0.29) is 12.5 Å². The van der Waals surface area contributed by atoms with E-state index in [1.165, 1.54) is 27.4 Å². The number of para-hydroxylation sites is 1. The van der Waals surface area contributed by atoms with Crippen LogP contribution in [0.3, 0.4) is 0 Å². The van der Waals surface area contributed by atoms with E-state index in [1.54, 1.807) is 18.2 Å². The molecule has 0 atom stereocenters. The Morgan fingerprint density at radius 1 is 1.00 bits per heavy atom. The van der Waals surface area contributed by atoms with Gasteiger partial charge in [0, 0.05) is 11.8 Å². The third-order valence-electron chi connectivity index (χ3n) is 4.30. The summed E-state index contributed by atoms with van der Waals surface area (Å²) in [6.07, 6.45) is 2.77. The highest BCUT2D eigenvalue weighted by Gasteiger charge is 2.13. The van der Waals surface area contributed by atoms with Crippen LogP contribution in [0.15, 0.2) is 42.5 Å². The molecule has 0 fully saturated rings. The topological polar surface area (TPSA) is 83.1 Å². The number of anilines is 1. The number of hydrogen-bond donors (Lipinski definition) is 1. The molecule has 2 aromatic carbocycles. The fourth-order valence-corrected chi connectivity index (χ4v) is 2.85. The maximum absolute atomic E-state index is 12.1. The van der Waals surface area contributed by atoms with Gasteiger partial charge in [0.05, 0.1) is 21.3 Å². The molecule has 0 spiro atoms. The van der Waals surface area contributed by atoms with Gasteiger partial charge in [-0.15, -0.1) is 0 Å². The Bertz CT molecular complexity index is 895. The molecule has 0 aliphatic carbocycles. The summed E-state index contributed by atoms with van der Waals surface area (Å²) in [5.41, 5.74) is 2.37. The van der Waals surface area contributed by atoms with Crippen LogP contribution in [0.4, 0.5) is 5.69 Å². The van der Waals surface area contributed by atoms with Crippen molar-refractivity contribution >= 4 is 23.6 Å². The first-order valence-electron chi connectivity index (χ1n) is 9.43. The molecular weight excluding hydrogens is 386 g/mol. The molecule has 0 aliphatic rings. The number of ether oxygens (including phenoxy) is 4. The fraction of sp³-hybridized carbons (Fsp3) is 0.304. The Morgan fingerprint density at radius 3 is 2.20 bits per heavy atom. The Hall–Kier alpha value is -3.48. The fourth-order valence-electron chi connectivity index (χ4n) is 2.85. The van der Waals surface area contributed by atoms with E-state index in [1.807, 2.05) is 38.1 Å². The van der Waals surface area contributed by atoms with Crippen molar-refractivity contribution < 1.29 is 28.5 Å². The van der Waals surface area contributed by atoms with E-state index >= 15 is 0 Å². The maximum atomic E-state index is 12.1. The summed E-state index contributed by atoms with van der Waals surface area (Å²) in [6.45, 7) is 3.70. The average Bonchev–Trinajstić information content (AvgIpc) is 2.75. The van der Waals surface area contributed by atoms with Crippen molar-refractivity contribution in [2.24, 2.45) is 0 Å². The van der Waals surface area contributed by atoms with Crippen LogP contribution in [-0.4, -0.2) is 39.8 Å². The Kier molecular flexibility index (Phi) is 8.29. The molecular formula is C23H27NO6. The lowest BCUT2D eigenvalue weighted by Gasteiger charge is -2.13. The first-order valence-corrected chi connectivity index (χ1v) is 9.43. The van der Waals surface area contributed by atoms with Crippen LogP contribution < -0.4 is 19.5 Å². The minimum Gasteiger partial charge on any atom is -0.493 e. The number of amides is 1. The third-order valence-corrected chi connectivity index (χ3v) is 4.30. The number of esters is 1. The predicted octanol–water partition coefficient (Wildman–Crippen LogP) is 4.03. The van der Waals surface area contributed by atoms with Gasteiger partial charge in [-0.25, -0.2) is 4.79 Å². The van der Waals surface area contributed by atoms with Crippen molar-refractivity contribution in [1.82, 2.24) is 0 Å². The maximum Gasteiger partial charge on any atom is 0.331 e. The second-order valence-corrected chi connectivity index (χ2v) is 6.69. The molecule has 7 heteroatoms. The van der Waals surface area contributed by atoms with Gasteiger partial charge in [0.15, 0.2) is 18.1 Å². The molecule has 0 bridgehead atoms. The van der Waals surface area contributed by atoms with Crippen molar-refractivity contribution in [2.75, 3.05) is 33.3 Å². The zero-order valence-corrected chi connectivity index (χ0v) is 17.9. The number of methoxy groups -OCH3 is 3. The van der Waals surface area contributed by atoms with E-state index in [4.69, 9.17) is 18.9 Å². The largest absolute Gasteiger partial charge is 0.493 e. The van der Waals surface area contributed by atoms with Gasteiger partial charge in [0.25, 0.3) is 5.91 Å². The summed E-state index contributed by atoms with van der Waals surface area (Å²) >= 11 is 0. The zero-order valence-electron chi connectivity index (χ0n) is 17.9. The number of rotatable bonds is 9. The Morgan fingerprint density at radius 2 is 1.63 bits per heavy atom. The van der Waals surface area contributed by atoms with E-state index in [2.05, 4.69) is 5.32 Å². The van der Waals surface area contributed by atoms with Gasteiger partial charge in [-0.2, -0.15) is 0 Å².